The monoisotopic (exact) mass is 358 g/mol. The van der Waals surface area contributed by atoms with E-state index in [1.54, 1.807) is 4.68 Å². The summed E-state index contributed by atoms with van der Waals surface area (Å²) in [6.07, 6.45) is 5.25. The summed E-state index contributed by atoms with van der Waals surface area (Å²) in [6.45, 7) is 5.89. The minimum absolute atomic E-state index is 0.0819. The van der Waals surface area contributed by atoms with E-state index in [9.17, 15) is 9.90 Å². The van der Waals surface area contributed by atoms with Crippen molar-refractivity contribution in [3.05, 3.63) is 36.0 Å². The third-order valence-electron chi connectivity index (χ3n) is 4.63. The molecule has 8 heteroatoms. The number of aliphatic hydroxyl groups is 1. The maximum atomic E-state index is 12.1. The Morgan fingerprint density at radius 2 is 2.19 bits per heavy atom. The van der Waals surface area contributed by atoms with E-state index in [0.29, 0.717) is 25.9 Å². The van der Waals surface area contributed by atoms with Crippen LogP contribution in [0.5, 0.6) is 0 Å². The van der Waals surface area contributed by atoms with E-state index >= 15 is 0 Å². The second kappa shape index (κ2) is 7.82. The van der Waals surface area contributed by atoms with Gasteiger partial charge in [0.1, 0.15) is 12.1 Å². The Hall–Kier alpha value is -2.48. The average molecular weight is 358 g/mol. The molecular weight excluding hydrogens is 332 g/mol. The SMILES string of the molecule is Cc1cc(N2CCCC(O)(CNC(=O)CCn3ccc(C)n3)C2)ncn1. The van der Waals surface area contributed by atoms with Crippen molar-refractivity contribution < 1.29 is 9.90 Å². The van der Waals surface area contributed by atoms with Crippen LogP contribution >= 0.6 is 0 Å². The number of piperidine rings is 1. The number of nitrogens with one attached hydrogen (secondary N) is 1. The number of anilines is 1. The lowest BCUT2D eigenvalue weighted by molar-refractivity contribution is -0.122. The molecule has 0 saturated carbocycles. The smallest absolute Gasteiger partial charge is 0.221 e. The van der Waals surface area contributed by atoms with E-state index in [1.807, 2.05) is 32.2 Å². The van der Waals surface area contributed by atoms with Gasteiger partial charge in [-0.2, -0.15) is 5.10 Å². The number of hydrogen-bond donors (Lipinski definition) is 2. The molecule has 1 unspecified atom stereocenters. The van der Waals surface area contributed by atoms with Crippen LogP contribution in [0.1, 0.15) is 30.7 Å². The zero-order chi connectivity index (χ0) is 18.6. The summed E-state index contributed by atoms with van der Waals surface area (Å²) in [5.41, 5.74) is 0.878. The van der Waals surface area contributed by atoms with Crippen LogP contribution in [0.4, 0.5) is 5.82 Å². The molecule has 2 N–H and O–H groups in total. The fraction of sp³-hybridized carbons (Fsp3) is 0.556. The first-order chi connectivity index (χ1) is 12.4. The quantitative estimate of drug-likeness (QED) is 0.794. The van der Waals surface area contributed by atoms with Gasteiger partial charge in [0.25, 0.3) is 0 Å². The van der Waals surface area contributed by atoms with Gasteiger partial charge in [-0.1, -0.05) is 0 Å². The van der Waals surface area contributed by atoms with Crippen molar-refractivity contribution in [1.82, 2.24) is 25.1 Å². The molecule has 0 bridgehead atoms. The number of carbonyl (C=O) groups excluding carboxylic acids is 1. The molecule has 1 saturated heterocycles. The van der Waals surface area contributed by atoms with Crippen LogP contribution in [0.2, 0.25) is 0 Å². The molecule has 1 aliphatic rings. The molecule has 2 aromatic heterocycles. The average Bonchev–Trinajstić information content (AvgIpc) is 3.04. The van der Waals surface area contributed by atoms with Gasteiger partial charge in [-0.3, -0.25) is 9.48 Å². The van der Waals surface area contributed by atoms with Gasteiger partial charge in [-0.15, -0.1) is 0 Å². The second-order valence-electron chi connectivity index (χ2n) is 7.01. The topological polar surface area (TPSA) is 96.2 Å². The molecule has 26 heavy (non-hydrogen) atoms. The van der Waals surface area contributed by atoms with E-state index in [0.717, 1.165) is 30.2 Å². The molecule has 0 radical (unpaired) electrons. The van der Waals surface area contributed by atoms with Crippen molar-refractivity contribution in [3.63, 3.8) is 0 Å². The molecule has 8 nitrogen and oxygen atoms in total. The summed E-state index contributed by atoms with van der Waals surface area (Å²) < 4.78 is 1.75. The van der Waals surface area contributed by atoms with Gasteiger partial charge < -0.3 is 15.3 Å². The summed E-state index contributed by atoms with van der Waals surface area (Å²) in [5, 5.41) is 18.0. The first-order valence-electron chi connectivity index (χ1n) is 8.96. The normalized spacial score (nSPS) is 20.2. The third kappa shape index (κ3) is 4.78. The van der Waals surface area contributed by atoms with Crippen LogP contribution in [-0.2, 0) is 11.3 Å². The largest absolute Gasteiger partial charge is 0.386 e. The van der Waals surface area contributed by atoms with Gasteiger partial charge in [-0.05, 0) is 32.8 Å². The number of nitrogens with zero attached hydrogens (tertiary/aromatic N) is 5. The molecular formula is C18H26N6O2. The Balaban J connectivity index is 1.50. The lowest BCUT2D eigenvalue weighted by atomic mass is 9.92. The first-order valence-corrected chi connectivity index (χ1v) is 8.96. The Morgan fingerprint density at radius 1 is 1.35 bits per heavy atom. The second-order valence-corrected chi connectivity index (χ2v) is 7.01. The number of rotatable bonds is 6. The number of carbonyl (C=O) groups is 1. The van der Waals surface area contributed by atoms with Crippen LogP contribution < -0.4 is 10.2 Å². The minimum atomic E-state index is -0.949. The van der Waals surface area contributed by atoms with Crippen molar-refractivity contribution in [2.45, 2.75) is 45.3 Å². The van der Waals surface area contributed by atoms with Crippen molar-refractivity contribution in [2.75, 3.05) is 24.5 Å². The summed E-state index contributed by atoms with van der Waals surface area (Å²) in [4.78, 5) is 22.6. The molecule has 2 aromatic rings. The van der Waals surface area contributed by atoms with Crippen molar-refractivity contribution in [2.24, 2.45) is 0 Å². The van der Waals surface area contributed by atoms with Gasteiger partial charge >= 0.3 is 0 Å². The molecule has 3 rings (SSSR count). The lowest BCUT2D eigenvalue weighted by Gasteiger charge is -2.39. The van der Waals surface area contributed by atoms with Crippen LogP contribution in [0.25, 0.3) is 0 Å². The van der Waals surface area contributed by atoms with Gasteiger partial charge in [-0.25, -0.2) is 9.97 Å². The third-order valence-corrected chi connectivity index (χ3v) is 4.63. The Labute approximate surface area is 153 Å². The number of aromatic nitrogens is 4. The standard InChI is InChI=1S/C18H26N6O2/c1-14-4-8-24(22-14)9-5-17(25)19-11-18(26)6-3-7-23(12-18)16-10-15(2)20-13-21-16/h4,8,10,13,26H,3,5-7,9,11-12H2,1-2H3,(H,19,25). The number of amides is 1. The zero-order valence-electron chi connectivity index (χ0n) is 15.4. The predicted octanol–water partition coefficient (Wildman–Crippen LogP) is 0.828. The van der Waals surface area contributed by atoms with Crippen molar-refractivity contribution in [1.29, 1.82) is 0 Å². The number of hydrogen-bond acceptors (Lipinski definition) is 6. The summed E-state index contributed by atoms with van der Waals surface area (Å²) >= 11 is 0. The zero-order valence-corrected chi connectivity index (χ0v) is 15.4. The molecule has 0 aromatic carbocycles. The number of β-amino-alcohol motifs (C(OH)–C–C–N with tert-alkyl or cyclic N) is 1. The molecule has 1 amide bonds. The van der Waals surface area contributed by atoms with Crippen LogP contribution in [0.15, 0.2) is 24.7 Å². The number of aryl methyl sites for hydroxylation is 3. The lowest BCUT2D eigenvalue weighted by Crippen LogP contribution is -2.54. The van der Waals surface area contributed by atoms with E-state index in [4.69, 9.17) is 0 Å². The van der Waals surface area contributed by atoms with Crippen LogP contribution in [-0.4, -0.2) is 56.0 Å². The molecule has 3 heterocycles. The van der Waals surface area contributed by atoms with E-state index in [1.165, 1.54) is 6.33 Å². The maximum absolute atomic E-state index is 12.1. The highest BCUT2D eigenvalue weighted by Crippen LogP contribution is 2.24. The fourth-order valence-electron chi connectivity index (χ4n) is 3.22. The first kappa shape index (κ1) is 18.3. The van der Waals surface area contributed by atoms with Gasteiger partial charge in [0.05, 0.1) is 11.3 Å². The Morgan fingerprint density at radius 3 is 2.92 bits per heavy atom. The summed E-state index contributed by atoms with van der Waals surface area (Å²) in [7, 11) is 0. The molecule has 0 spiro atoms. The Kier molecular flexibility index (Phi) is 5.51. The van der Waals surface area contributed by atoms with Crippen LogP contribution in [0, 0.1) is 13.8 Å². The molecule has 1 atom stereocenters. The maximum Gasteiger partial charge on any atom is 0.221 e. The van der Waals surface area contributed by atoms with E-state index in [-0.39, 0.29) is 12.5 Å². The van der Waals surface area contributed by atoms with E-state index in [2.05, 4.69) is 25.3 Å². The van der Waals surface area contributed by atoms with Gasteiger partial charge in [0.15, 0.2) is 0 Å². The molecule has 1 aliphatic heterocycles. The Bertz CT molecular complexity index is 762. The van der Waals surface area contributed by atoms with Gasteiger partial charge in [0, 0.05) is 50.6 Å². The summed E-state index contributed by atoms with van der Waals surface area (Å²) in [5.74, 6) is 0.734. The molecule has 140 valence electrons. The highest BCUT2D eigenvalue weighted by Gasteiger charge is 2.34. The van der Waals surface area contributed by atoms with Gasteiger partial charge in [0.2, 0.25) is 5.91 Å². The minimum Gasteiger partial charge on any atom is -0.386 e. The highest BCUT2D eigenvalue weighted by molar-refractivity contribution is 5.75. The predicted molar refractivity (Wildman–Crippen MR) is 97.8 cm³/mol. The fourth-order valence-corrected chi connectivity index (χ4v) is 3.22. The van der Waals surface area contributed by atoms with Crippen molar-refractivity contribution in [3.8, 4) is 0 Å². The van der Waals surface area contributed by atoms with Crippen molar-refractivity contribution >= 4 is 11.7 Å². The molecule has 0 aliphatic carbocycles. The molecule has 1 fully saturated rings. The van der Waals surface area contributed by atoms with E-state index < -0.39 is 5.60 Å². The van der Waals surface area contributed by atoms with Crippen LogP contribution in [0.3, 0.4) is 0 Å². The highest BCUT2D eigenvalue weighted by atomic mass is 16.3. The summed E-state index contributed by atoms with van der Waals surface area (Å²) in [6, 6.07) is 3.82.